The maximum Gasteiger partial charge on any atom is 0.387 e. The molecule has 0 aliphatic heterocycles. The SMILES string of the molecule is N[C@H](c1ccc(OC(F)F)cc1)[C@@H](O)C1CC1. The summed E-state index contributed by atoms with van der Waals surface area (Å²) in [4.78, 5) is 0. The van der Waals surface area contributed by atoms with Crippen LogP contribution in [-0.4, -0.2) is 17.8 Å². The second-order valence-corrected chi connectivity index (χ2v) is 4.30. The van der Waals surface area contributed by atoms with E-state index in [2.05, 4.69) is 4.74 Å². The molecule has 0 spiro atoms. The molecule has 0 unspecified atom stereocenters. The Morgan fingerprint density at radius 3 is 2.29 bits per heavy atom. The van der Waals surface area contributed by atoms with Crippen LogP contribution < -0.4 is 10.5 Å². The lowest BCUT2D eigenvalue weighted by molar-refractivity contribution is -0.0498. The van der Waals surface area contributed by atoms with Gasteiger partial charge in [0.05, 0.1) is 12.1 Å². The minimum atomic E-state index is -2.83. The molecule has 3 N–H and O–H groups in total. The van der Waals surface area contributed by atoms with E-state index in [4.69, 9.17) is 5.73 Å². The molecule has 17 heavy (non-hydrogen) atoms. The summed E-state index contributed by atoms with van der Waals surface area (Å²) in [5.74, 6) is 0.374. The van der Waals surface area contributed by atoms with Crippen LogP contribution in [0, 0.1) is 5.92 Å². The number of rotatable bonds is 5. The van der Waals surface area contributed by atoms with Crippen LogP contribution in [0.3, 0.4) is 0 Å². The molecule has 1 saturated carbocycles. The Morgan fingerprint density at radius 2 is 1.82 bits per heavy atom. The molecule has 94 valence electrons. The van der Waals surface area contributed by atoms with Crippen LogP contribution in [-0.2, 0) is 0 Å². The molecule has 0 heterocycles. The Balaban J connectivity index is 2.01. The van der Waals surface area contributed by atoms with Gasteiger partial charge in [-0.05, 0) is 36.5 Å². The molecule has 1 aliphatic rings. The first-order valence-corrected chi connectivity index (χ1v) is 5.56. The second-order valence-electron chi connectivity index (χ2n) is 4.30. The van der Waals surface area contributed by atoms with Crippen molar-refractivity contribution in [1.29, 1.82) is 0 Å². The summed E-state index contributed by atoms with van der Waals surface area (Å²) in [5, 5.41) is 9.85. The fourth-order valence-electron chi connectivity index (χ4n) is 1.80. The summed E-state index contributed by atoms with van der Waals surface area (Å²) in [6, 6.07) is 5.60. The normalized spacial score (nSPS) is 19.1. The maximum atomic E-state index is 11.9. The number of benzene rings is 1. The minimum Gasteiger partial charge on any atom is -0.435 e. The van der Waals surface area contributed by atoms with E-state index in [9.17, 15) is 13.9 Å². The number of ether oxygens (including phenoxy) is 1. The molecule has 1 aliphatic carbocycles. The molecule has 1 fully saturated rings. The highest BCUT2D eigenvalue weighted by molar-refractivity contribution is 5.29. The van der Waals surface area contributed by atoms with Gasteiger partial charge in [-0.2, -0.15) is 8.78 Å². The molecular formula is C12H15F2NO2. The average Bonchev–Trinajstić information content (AvgIpc) is 3.11. The largest absolute Gasteiger partial charge is 0.435 e. The van der Waals surface area contributed by atoms with Gasteiger partial charge in [0.1, 0.15) is 5.75 Å². The first-order chi connectivity index (χ1) is 8.08. The van der Waals surface area contributed by atoms with Gasteiger partial charge in [0.2, 0.25) is 0 Å². The van der Waals surface area contributed by atoms with E-state index >= 15 is 0 Å². The fourth-order valence-corrected chi connectivity index (χ4v) is 1.80. The highest BCUT2D eigenvalue weighted by Crippen LogP contribution is 2.37. The molecular weight excluding hydrogens is 228 g/mol. The number of halogens is 2. The topological polar surface area (TPSA) is 55.5 Å². The molecule has 0 radical (unpaired) electrons. The predicted octanol–water partition coefficient (Wildman–Crippen LogP) is 2.06. The third kappa shape index (κ3) is 3.14. The molecule has 2 rings (SSSR count). The van der Waals surface area contributed by atoms with Crippen molar-refractivity contribution in [3.8, 4) is 5.75 Å². The highest BCUT2D eigenvalue weighted by atomic mass is 19.3. The van der Waals surface area contributed by atoms with E-state index in [0.29, 0.717) is 0 Å². The molecule has 3 nitrogen and oxygen atoms in total. The third-order valence-electron chi connectivity index (χ3n) is 2.96. The second kappa shape index (κ2) is 4.98. The maximum absolute atomic E-state index is 11.9. The van der Waals surface area contributed by atoms with E-state index in [-0.39, 0.29) is 11.7 Å². The van der Waals surface area contributed by atoms with Gasteiger partial charge in [-0.15, -0.1) is 0 Å². The zero-order valence-electron chi connectivity index (χ0n) is 9.22. The van der Waals surface area contributed by atoms with E-state index < -0.39 is 18.8 Å². The molecule has 0 amide bonds. The Kier molecular flexibility index (Phi) is 3.59. The molecule has 1 aromatic carbocycles. The van der Waals surface area contributed by atoms with Gasteiger partial charge in [0, 0.05) is 0 Å². The quantitative estimate of drug-likeness (QED) is 0.832. The zero-order chi connectivity index (χ0) is 12.4. The lowest BCUT2D eigenvalue weighted by Gasteiger charge is -2.19. The number of aliphatic hydroxyl groups excluding tert-OH is 1. The predicted molar refractivity (Wildman–Crippen MR) is 58.7 cm³/mol. The van der Waals surface area contributed by atoms with E-state index in [1.807, 2.05) is 0 Å². The summed E-state index contributed by atoms with van der Waals surface area (Å²) in [6.45, 7) is -2.83. The highest BCUT2D eigenvalue weighted by Gasteiger charge is 2.34. The van der Waals surface area contributed by atoms with Crippen molar-refractivity contribution in [2.75, 3.05) is 0 Å². The molecule has 5 heteroatoms. The number of aliphatic hydroxyl groups is 1. The zero-order valence-corrected chi connectivity index (χ0v) is 9.22. The summed E-state index contributed by atoms with van der Waals surface area (Å²) < 4.78 is 28.1. The average molecular weight is 243 g/mol. The Hall–Kier alpha value is -1.20. The molecule has 2 atom stereocenters. The monoisotopic (exact) mass is 243 g/mol. The van der Waals surface area contributed by atoms with Gasteiger partial charge < -0.3 is 15.6 Å². The van der Waals surface area contributed by atoms with Gasteiger partial charge in [0.15, 0.2) is 0 Å². The van der Waals surface area contributed by atoms with Crippen molar-refractivity contribution in [3.05, 3.63) is 29.8 Å². The molecule has 0 aromatic heterocycles. The van der Waals surface area contributed by atoms with E-state index in [1.54, 1.807) is 12.1 Å². The minimum absolute atomic E-state index is 0.0943. The summed E-state index contributed by atoms with van der Waals surface area (Å²) in [5.41, 5.74) is 6.62. The number of nitrogens with two attached hydrogens (primary N) is 1. The number of hydrogen-bond acceptors (Lipinski definition) is 3. The van der Waals surface area contributed by atoms with E-state index in [0.717, 1.165) is 18.4 Å². The summed E-state index contributed by atoms with van der Waals surface area (Å²) in [6.07, 6.45) is 1.44. The Morgan fingerprint density at radius 1 is 1.24 bits per heavy atom. The summed E-state index contributed by atoms with van der Waals surface area (Å²) >= 11 is 0. The molecule has 0 bridgehead atoms. The number of hydrogen-bond donors (Lipinski definition) is 2. The fraction of sp³-hybridized carbons (Fsp3) is 0.500. The van der Waals surface area contributed by atoms with Crippen molar-refractivity contribution in [1.82, 2.24) is 0 Å². The van der Waals surface area contributed by atoms with Crippen molar-refractivity contribution in [2.45, 2.75) is 31.6 Å². The van der Waals surface area contributed by atoms with Gasteiger partial charge in [-0.25, -0.2) is 0 Å². The van der Waals surface area contributed by atoms with Gasteiger partial charge in [-0.1, -0.05) is 12.1 Å². The smallest absolute Gasteiger partial charge is 0.387 e. The lowest BCUT2D eigenvalue weighted by Crippen LogP contribution is -2.27. The number of alkyl halides is 2. The van der Waals surface area contributed by atoms with Crippen LogP contribution >= 0.6 is 0 Å². The third-order valence-corrected chi connectivity index (χ3v) is 2.96. The van der Waals surface area contributed by atoms with Crippen LogP contribution in [0.2, 0.25) is 0 Å². The van der Waals surface area contributed by atoms with Crippen LogP contribution in [0.5, 0.6) is 5.75 Å². The standard InChI is InChI=1S/C12H15F2NO2/c13-12(14)17-9-5-3-7(4-6-9)10(15)11(16)8-1-2-8/h3-6,8,10-12,16H,1-2,15H2/t10-,11+/m1/s1. The molecule has 0 saturated heterocycles. The van der Waals surface area contributed by atoms with Crippen molar-refractivity contribution in [2.24, 2.45) is 11.7 Å². The van der Waals surface area contributed by atoms with Gasteiger partial charge in [-0.3, -0.25) is 0 Å². The van der Waals surface area contributed by atoms with Crippen LogP contribution in [0.1, 0.15) is 24.4 Å². The first-order valence-electron chi connectivity index (χ1n) is 5.56. The molecule has 1 aromatic rings. The van der Waals surface area contributed by atoms with Crippen molar-refractivity contribution >= 4 is 0 Å². The summed E-state index contributed by atoms with van der Waals surface area (Å²) in [7, 11) is 0. The van der Waals surface area contributed by atoms with Crippen molar-refractivity contribution in [3.63, 3.8) is 0 Å². The lowest BCUT2D eigenvalue weighted by atomic mass is 9.99. The first kappa shape index (κ1) is 12.3. The van der Waals surface area contributed by atoms with Crippen LogP contribution in [0.4, 0.5) is 8.78 Å². The van der Waals surface area contributed by atoms with Gasteiger partial charge >= 0.3 is 6.61 Å². The van der Waals surface area contributed by atoms with E-state index in [1.165, 1.54) is 12.1 Å². The van der Waals surface area contributed by atoms with Crippen LogP contribution in [0.15, 0.2) is 24.3 Å². The van der Waals surface area contributed by atoms with Gasteiger partial charge in [0.25, 0.3) is 0 Å². The van der Waals surface area contributed by atoms with Crippen LogP contribution in [0.25, 0.3) is 0 Å². The van der Waals surface area contributed by atoms with Crippen molar-refractivity contribution < 1.29 is 18.6 Å². The Labute approximate surface area is 98.2 Å². The Bertz CT molecular complexity index is 365.